The maximum Gasteiger partial charge on any atom is 0.128 e. The molecule has 0 saturated heterocycles. The number of halogens is 2. The lowest BCUT2D eigenvalue weighted by Crippen LogP contribution is -2.24. The summed E-state index contributed by atoms with van der Waals surface area (Å²) >= 11 is 0. The second-order valence-electron chi connectivity index (χ2n) is 4.08. The number of hydrogen-bond acceptors (Lipinski definition) is 3. The summed E-state index contributed by atoms with van der Waals surface area (Å²) < 4.78 is 37.0. The third-order valence-electron chi connectivity index (χ3n) is 2.47. The summed E-state index contributed by atoms with van der Waals surface area (Å²) in [5.41, 5.74) is 5.89. The van der Waals surface area contributed by atoms with Crippen LogP contribution in [0.15, 0.2) is 18.2 Å². The highest BCUT2D eigenvalue weighted by molar-refractivity contribution is 5.22. The van der Waals surface area contributed by atoms with E-state index in [2.05, 4.69) is 0 Å². The van der Waals surface area contributed by atoms with Crippen molar-refractivity contribution in [2.45, 2.75) is 26.0 Å². The fourth-order valence-electron chi connectivity index (χ4n) is 1.49. The van der Waals surface area contributed by atoms with Crippen molar-refractivity contribution in [2.24, 2.45) is 5.73 Å². The molecule has 0 aliphatic rings. The van der Waals surface area contributed by atoms with E-state index in [4.69, 9.17) is 15.2 Å². The molecule has 5 heteroatoms. The monoisotopic (exact) mass is 259 g/mol. The molecule has 1 rings (SSSR count). The molecule has 0 radical (unpaired) electrons. The number of nitrogens with two attached hydrogens (primary N) is 1. The quantitative estimate of drug-likeness (QED) is 0.817. The highest BCUT2D eigenvalue weighted by atomic mass is 19.1. The standard InChI is InChI=1S/C13H19F2NO2/c1-3-17-7-9(2)18-8-13(16)11-6-10(14)4-5-12(11)15/h4-6,9,13H,3,7-8,16H2,1-2H3. The van der Waals surface area contributed by atoms with Crippen LogP contribution in [0.1, 0.15) is 25.5 Å². The molecule has 1 aromatic carbocycles. The van der Waals surface area contributed by atoms with Crippen molar-refractivity contribution in [3.63, 3.8) is 0 Å². The van der Waals surface area contributed by atoms with E-state index in [1.54, 1.807) is 0 Å². The summed E-state index contributed by atoms with van der Waals surface area (Å²) in [5, 5.41) is 0. The van der Waals surface area contributed by atoms with Gasteiger partial charge in [0.15, 0.2) is 0 Å². The predicted octanol–water partition coefficient (Wildman–Crippen LogP) is 2.41. The van der Waals surface area contributed by atoms with E-state index in [9.17, 15) is 8.78 Å². The van der Waals surface area contributed by atoms with Crippen LogP contribution in [0.3, 0.4) is 0 Å². The second-order valence-corrected chi connectivity index (χ2v) is 4.08. The molecule has 0 amide bonds. The summed E-state index contributed by atoms with van der Waals surface area (Å²) in [7, 11) is 0. The molecule has 0 aliphatic heterocycles. The zero-order valence-corrected chi connectivity index (χ0v) is 10.7. The van der Waals surface area contributed by atoms with Crippen LogP contribution in [0, 0.1) is 11.6 Å². The molecule has 0 aromatic heterocycles. The molecule has 1 aromatic rings. The van der Waals surface area contributed by atoms with Gasteiger partial charge in [-0.05, 0) is 32.0 Å². The van der Waals surface area contributed by atoms with E-state index in [1.165, 1.54) is 0 Å². The van der Waals surface area contributed by atoms with Crippen molar-refractivity contribution in [3.8, 4) is 0 Å². The lowest BCUT2D eigenvalue weighted by molar-refractivity contribution is -0.00861. The van der Waals surface area contributed by atoms with Crippen molar-refractivity contribution >= 4 is 0 Å². The Bertz CT molecular complexity index is 374. The molecule has 0 fully saturated rings. The molecule has 2 atom stereocenters. The maximum atomic E-state index is 13.4. The summed E-state index contributed by atoms with van der Waals surface area (Å²) in [5.74, 6) is -1.03. The van der Waals surface area contributed by atoms with Gasteiger partial charge in [0.25, 0.3) is 0 Å². The topological polar surface area (TPSA) is 44.5 Å². The number of hydrogen-bond donors (Lipinski definition) is 1. The van der Waals surface area contributed by atoms with Crippen LogP contribution in [-0.2, 0) is 9.47 Å². The Kier molecular flexibility index (Phi) is 6.18. The van der Waals surface area contributed by atoms with E-state index in [0.29, 0.717) is 13.2 Å². The van der Waals surface area contributed by atoms with Gasteiger partial charge in [0.2, 0.25) is 0 Å². The molecule has 2 N–H and O–H groups in total. The van der Waals surface area contributed by atoms with Gasteiger partial charge in [0.1, 0.15) is 11.6 Å². The molecule has 102 valence electrons. The summed E-state index contributed by atoms with van der Waals surface area (Å²) in [4.78, 5) is 0. The van der Waals surface area contributed by atoms with Crippen LogP contribution in [0.4, 0.5) is 8.78 Å². The van der Waals surface area contributed by atoms with Crippen molar-refractivity contribution in [1.29, 1.82) is 0 Å². The normalized spacial score (nSPS) is 14.5. The zero-order chi connectivity index (χ0) is 13.5. The first-order valence-corrected chi connectivity index (χ1v) is 5.94. The van der Waals surface area contributed by atoms with E-state index >= 15 is 0 Å². The minimum Gasteiger partial charge on any atom is -0.379 e. The predicted molar refractivity (Wildman–Crippen MR) is 65.2 cm³/mol. The van der Waals surface area contributed by atoms with E-state index < -0.39 is 17.7 Å². The largest absolute Gasteiger partial charge is 0.379 e. The molecular formula is C13H19F2NO2. The Morgan fingerprint density at radius 3 is 2.67 bits per heavy atom. The summed E-state index contributed by atoms with van der Waals surface area (Å²) in [6, 6.07) is 2.53. The van der Waals surface area contributed by atoms with Crippen molar-refractivity contribution in [1.82, 2.24) is 0 Å². The van der Waals surface area contributed by atoms with E-state index in [1.807, 2.05) is 13.8 Å². The van der Waals surface area contributed by atoms with Gasteiger partial charge >= 0.3 is 0 Å². The number of ether oxygens (including phenoxy) is 2. The Hall–Kier alpha value is -1.04. The fourth-order valence-corrected chi connectivity index (χ4v) is 1.49. The Balaban J connectivity index is 2.49. The Morgan fingerprint density at radius 2 is 2.00 bits per heavy atom. The van der Waals surface area contributed by atoms with Crippen LogP contribution in [0.2, 0.25) is 0 Å². The average molecular weight is 259 g/mol. The van der Waals surface area contributed by atoms with Crippen LogP contribution < -0.4 is 5.73 Å². The van der Waals surface area contributed by atoms with Gasteiger partial charge in [-0.15, -0.1) is 0 Å². The Labute approximate surface area is 106 Å². The SMILES string of the molecule is CCOCC(C)OCC(N)c1cc(F)ccc1F. The molecule has 0 heterocycles. The first-order valence-electron chi connectivity index (χ1n) is 5.94. The van der Waals surface area contributed by atoms with Gasteiger partial charge in [0.05, 0.1) is 25.4 Å². The molecule has 0 spiro atoms. The van der Waals surface area contributed by atoms with Crippen LogP contribution in [0.5, 0.6) is 0 Å². The first kappa shape index (κ1) is 15.0. The van der Waals surface area contributed by atoms with Crippen molar-refractivity contribution in [2.75, 3.05) is 19.8 Å². The van der Waals surface area contributed by atoms with Crippen LogP contribution in [0.25, 0.3) is 0 Å². The van der Waals surface area contributed by atoms with Crippen molar-refractivity contribution in [3.05, 3.63) is 35.4 Å². The number of benzene rings is 1. The van der Waals surface area contributed by atoms with Crippen LogP contribution >= 0.6 is 0 Å². The van der Waals surface area contributed by atoms with E-state index in [0.717, 1.165) is 18.2 Å². The summed E-state index contributed by atoms with van der Waals surface area (Å²) in [6.45, 7) is 4.91. The third-order valence-corrected chi connectivity index (χ3v) is 2.47. The van der Waals surface area contributed by atoms with E-state index in [-0.39, 0.29) is 18.3 Å². The van der Waals surface area contributed by atoms with Crippen molar-refractivity contribution < 1.29 is 18.3 Å². The third kappa shape index (κ3) is 4.68. The molecular weight excluding hydrogens is 240 g/mol. The first-order chi connectivity index (χ1) is 8.54. The minimum atomic E-state index is -0.690. The molecule has 18 heavy (non-hydrogen) atoms. The van der Waals surface area contributed by atoms with Gasteiger partial charge in [-0.25, -0.2) is 8.78 Å². The lowest BCUT2D eigenvalue weighted by Gasteiger charge is -2.17. The van der Waals surface area contributed by atoms with Gasteiger partial charge in [0, 0.05) is 12.2 Å². The molecule has 0 bridgehead atoms. The van der Waals surface area contributed by atoms with Gasteiger partial charge in [-0.3, -0.25) is 0 Å². The molecule has 0 aliphatic carbocycles. The molecule has 3 nitrogen and oxygen atoms in total. The molecule has 2 unspecified atom stereocenters. The Morgan fingerprint density at radius 1 is 1.28 bits per heavy atom. The van der Waals surface area contributed by atoms with Crippen LogP contribution in [-0.4, -0.2) is 25.9 Å². The maximum absolute atomic E-state index is 13.4. The highest BCUT2D eigenvalue weighted by Gasteiger charge is 2.14. The zero-order valence-electron chi connectivity index (χ0n) is 10.7. The smallest absolute Gasteiger partial charge is 0.128 e. The summed E-state index contributed by atoms with van der Waals surface area (Å²) in [6.07, 6.45) is -0.132. The number of rotatable bonds is 7. The minimum absolute atomic E-state index is 0.120. The second kappa shape index (κ2) is 7.41. The molecule has 0 saturated carbocycles. The van der Waals surface area contributed by atoms with Gasteiger partial charge in [-0.1, -0.05) is 0 Å². The highest BCUT2D eigenvalue weighted by Crippen LogP contribution is 2.17. The average Bonchev–Trinajstić information content (AvgIpc) is 2.36. The lowest BCUT2D eigenvalue weighted by atomic mass is 10.1. The fraction of sp³-hybridized carbons (Fsp3) is 0.538. The van der Waals surface area contributed by atoms with Gasteiger partial charge < -0.3 is 15.2 Å². The van der Waals surface area contributed by atoms with Gasteiger partial charge in [-0.2, -0.15) is 0 Å².